The predicted octanol–water partition coefficient (Wildman–Crippen LogP) is 1.55. The molecule has 1 aliphatic rings. The number of hydrogen-bond donors (Lipinski definition) is 2. The Kier molecular flexibility index (Phi) is 5.03. The molecular weight excluding hydrogens is 190 g/mol. The van der Waals surface area contributed by atoms with Crippen LogP contribution in [0.1, 0.15) is 40.0 Å². The number of ether oxygens (including phenoxy) is 1. The predicted molar refractivity (Wildman–Crippen MR) is 61.9 cm³/mol. The first-order valence-corrected chi connectivity index (χ1v) is 6.06. The minimum atomic E-state index is -0.581. The van der Waals surface area contributed by atoms with Crippen LogP contribution in [-0.2, 0) is 4.74 Å². The van der Waals surface area contributed by atoms with Crippen LogP contribution < -0.4 is 5.32 Å². The van der Waals surface area contributed by atoms with E-state index in [9.17, 15) is 5.11 Å². The molecule has 3 heteroatoms. The Hall–Kier alpha value is -0.120. The molecule has 3 nitrogen and oxygen atoms in total. The van der Waals surface area contributed by atoms with E-state index >= 15 is 0 Å². The summed E-state index contributed by atoms with van der Waals surface area (Å²) < 4.78 is 5.42. The lowest BCUT2D eigenvalue weighted by atomic mass is 9.82. The summed E-state index contributed by atoms with van der Waals surface area (Å²) in [6.45, 7) is 8.64. The van der Waals surface area contributed by atoms with Crippen LogP contribution >= 0.6 is 0 Å². The first-order valence-electron chi connectivity index (χ1n) is 6.06. The van der Waals surface area contributed by atoms with Gasteiger partial charge in [0, 0.05) is 18.6 Å². The van der Waals surface area contributed by atoms with Crippen molar-refractivity contribution >= 4 is 0 Å². The van der Waals surface area contributed by atoms with Gasteiger partial charge in [-0.05, 0) is 32.7 Å². The maximum Gasteiger partial charge on any atom is 0.0681 e. The molecule has 2 unspecified atom stereocenters. The topological polar surface area (TPSA) is 41.5 Å². The molecule has 1 aliphatic heterocycles. The van der Waals surface area contributed by atoms with E-state index in [0.29, 0.717) is 18.6 Å². The zero-order valence-electron chi connectivity index (χ0n) is 10.3. The van der Waals surface area contributed by atoms with Gasteiger partial charge >= 0.3 is 0 Å². The minimum absolute atomic E-state index is 0.306. The van der Waals surface area contributed by atoms with E-state index in [2.05, 4.69) is 19.2 Å². The molecule has 0 aliphatic carbocycles. The van der Waals surface area contributed by atoms with Crippen molar-refractivity contribution in [2.45, 2.75) is 51.7 Å². The molecule has 1 rings (SSSR count). The van der Waals surface area contributed by atoms with Gasteiger partial charge < -0.3 is 15.2 Å². The molecule has 0 aromatic heterocycles. The largest absolute Gasteiger partial charge is 0.390 e. The normalized spacial score (nSPS) is 26.6. The number of aliphatic hydroxyl groups is 1. The molecule has 1 heterocycles. The molecule has 90 valence electrons. The summed E-state index contributed by atoms with van der Waals surface area (Å²) in [5.74, 6) is 0.306. The van der Waals surface area contributed by atoms with Crippen LogP contribution in [0.5, 0.6) is 0 Å². The third-order valence-electron chi connectivity index (χ3n) is 3.22. The Morgan fingerprint density at radius 1 is 1.53 bits per heavy atom. The summed E-state index contributed by atoms with van der Waals surface area (Å²) in [6.07, 6.45) is 2.98. The Morgan fingerprint density at radius 3 is 2.80 bits per heavy atom. The highest BCUT2D eigenvalue weighted by Crippen LogP contribution is 2.28. The van der Waals surface area contributed by atoms with Gasteiger partial charge in [-0.1, -0.05) is 13.8 Å². The number of hydrogen-bond acceptors (Lipinski definition) is 3. The molecule has 2 N–H and O–H groups in total. The van der Waals surface area contributed by atoms with Gasteiger partial charge in [-0.15, -0.1) is 0 Å². The van der Waals surface area contributed by atoms with Gasteiger partial charge in [0.1, 0.15) is 0 Å². The lowest BCUT2D eigenvalue weighted by molar-refractivity contribution is -0.0718. The van der Waals surface area contributed by atoms with Crippen molar-refractivity contribution in [1.82, 2.24) is 5.32 Å². The van der Waals surface area contributed by atoms with Crippen molar-refractivity contribution in [1.29, 1.82) is 0 Å². The molecule has 1 saturated heterocycles. The molecule has 0 aromatic rings. The average Bonchev–Trinajstić information content (AvgIpc) is 2.18. The molecule has 1 fully saturated rings. The van der Waals surface area contributed by atoms with E-state index in [1.807, 2.05) is 6.92 Å². The smallest absolute Gasteiger partial charge is 0.0681 e. The van der Waals surface area contributed by atoms with Crippen LogP contribution in [0.15, 0.2) is 0 Å². The Bertz CT molecular complexity index is 174. The molecule has 2 atom stereocenters. The average molecular weight is 215 g/mol. The van der Waals surface area contributed by atoms with Crippen LogP contribution in [-0.4, -0.2) is 36.5 Å². The van der Waals surface area contributed by atoms with Gasteiger partial charge in [0.2, 0.25) is 0 Å². The first-order chi connectivity index (χ1) is 7.02. The molecule has 0 bridgehead atoms. The van der Waals surface area contributed by atoms with Crippen molar-refractivity contribution in [3.63, 3.8) is 0 Å². The van der Waals surface area contributed by atoms with Crippen LogP contribution in [0, 0.1) is 5.92 Å². The standard InChI is InChI=1S/C12H25NO2/c1-10(2)13-7-6-12(3,14)11-5-4-8-15-9-11/h10-11,13-14H,4-9H2,1-3H3. The van der Waals surface area contributed by atoms with Crippen LogP contribution in [0.25, 0.3) is 0 Å². The van der Waals surface area contributed by atoms with Crippen LogP contribution in [0.3, 0.4) is 0 Å². The maximum atomic E-state index is 10.3. The van der Waals surface area contributed by atoms with E-state index in [1.165, 1.54) is 0 Å². The first kappa shape index (κ1) is 12.9. The van der Waals surface area contributed by atoms with Gasteiger partial charge in [-0.3, -0.25) is 0 Å². The van der Waals surface area contributed by atoms with Gasteiger partial charge in [0.25, 0.3) is 0 Å². The van der Waals surface area contributed by atoms with Gasteiger partial charge in [-0.25, -0.2) is 0 Å². The van der Waals surface area contributed by atoms with Gasteiger partial charge in [0.15, 0.2) is 0 Å². The summed E-state index contributed by atoms with van der Waals surface area (Å²) in [6, 6.07) is 0.489. The number of rotatable bonds is 5. The quantitative estimate of drug-likeness (QED) is 0.731. The SMILES string of the molecule is CC(C)NCCC(C)(O)C1CCCOC1. The highest BCUT2D eigenvalue weighted by molar-refractivity contribution is 4.84. The van der Waals surface area contributed by atoms with Crippen molar-refractivity contribution in [3.05, 3.63) is 0 Å². The summed E-state index contributed by atoms with van der Waals surface area (Å²) >= 11 is 0. The van der Waals surface area contributed by atoms with E-state index in [0.717, 1.165) is 32.4 Å². The van der Waals surface area contributed by atoms with Crippen LogP contribution in [0.2, 0.25) is 0 Å². The monoisotopic (exact) mass is 215 g/mol. The second-order valence-corrected chi connectivity index (χ2v) is 5.13. The molecule has 0 saturated carbocycles. The molecule has 0 amide bonds. The summed E-state index contributed by atoms with van der Waals surface area (Å²) in [7, 11) is 0. The Balaban J connectivity index is 2.29. The fourth-order valence-corrected chi connectivity index (χ4v) is 2.05. The van der Waals surface area contributed by atoms with E-state index in [1.54, 1.807) is 0 Å². The number of nitrogens with one attached hydrogen (secondary N) is 1. The van der Waals surface area contributed by atoms with E-state index in [-0.39, 0.29) is 0 Å². The molecule has 0 radical (unpaired) electrons. The lowest BCUT2D eigenvalue weighted by Gasteiger charge is -2.35. The fourth-order valence-electron chi connectivity index (χ4n) is 2.05. The van der Waals surface area contributed by atoms with Crippen LogP contribution in [0.4, 0.5) is 0 Å². The zero-order chi connectivity index (χ0) is 11.3. The van der Waals surface area contributed by atoms with E-state index < -0.39 is 5.60 Å². The second-order valence-electron chi connectivity index (χ2n) is 5.13. The van der Waals surface area contributed by atoms with Crippen molar-refractivity contribution in [2.75, 3.05) is 19.8 Å². The fraction of sp³-hybridized carbons (Fsp3) is 1.00. The van der Waals surface area contributed by atoms with Crippen molar-refractivity contribution in [3.8, 4) is 0 Å². The Labute approximate surface area is 93.2 Å². The molecule has 0 aromatic carbocycles. The van der Waals surface area contributed by atoms with Crippen molar-refractivity contribution < 1.29 is 9.84 Å². The third kappa shape index (κ3) is 4.49. The van der Waals surface area contributed by atoms with Crippen molar-refractivity contribution in [2.24, 2.45) is 5.92 Å². The van der Waals surface area contributed by atoms with Gasteiger partial charge in [-0.2, -0.15) is 0 Å². The summed E-state index contributed by atoms with van der Waals surface area (Å²) in [4.78, 5) is 0. The molecule has 0 spiro atoms. The second kappa shape index (κ2) is 5.83. The minimum Gasteiger partial charge on any atom is -0.390 e. The molecule has 15 heavy (non-hydrogen) atoms. The van der Waals surface area contributed by atoms with Gasteiger partial charge in [0.05, 0.1) is 12.2 Å². The maximum absolute atomic E-state index is 10.3. The summed E-state index contributed by atoms with van der Waals surface area (Å²) in [5, 5.41) is 13.7. The zero-order valence-corrected chi connectivity index (χ0v) is 10.3. The lowest BCUT2D eigenvalue weighted by Crippen LogP contribution is -2.42. The summed E-state index contributed by atoms with van der Waals surface area (Å²) in [5.41, 5.74) is -0.581. The highest BCUT2D eigenvalue weighted by Gasteiger charge is 2.32. The third-order valence-corrected chi connectivity index (χ3v) is 3.22. The Morgan fingerprint density at radius 2 is 2.27 bits per heavy atom. The molecular formula is C12H25NO2. The van der Waals surface area contributed by atoms with E-state index in [4.69, 9.17) is 4.74 Å². The highest BCUT2D eigenvalue weighted by atomic mass is 16.5.